The zero-order valence-corrected chi connectivity index (χ0v) is 19.2. The van der Waals surface area contributed by atoms with E-state index in [1.54, 1.807) is 36.4 Å². The molecule has 0 aliphatic rings. The Labute approximate surface area is 187 Å². The molecule has 168 valence electrons. The molecule has 5 heteroatoms. The fourth-order valence-corrected chi connectivity index (χ4v) is 3.43. The number of likely N-dealkylation sites (N-methyl/N-ethyl adjacent to an activating group) is 1. The van der Waals surface area contributed by atoms with Gasteiger partial charge in [-0.15, -0.1) is 0 Å². The van der Waals surface area contributed by atoms with E-state index < -0.39 is 6.09 Å². The van der Waals surface area contributed by atoms with E-state index in [1.807, 2.05) is 18.2 Å². The van der Waals surface area contributed by atoms with Crippen LogP contribution in [0.1, 0.15) is 61.4 Å². The summed E-state index contributed by atoms with van der Waals surface area (Å²) in [6, 6.07) is 16.0. The third-order valence-electron chi connectivity index (χ3n) is 5.48. The van der Waals surface area contributed by atoms with E-state index in [9.17, 15) is 9.59 Å². The Morgan fingerprint density at radius 2 is 1.42 bits per heavy atom. The molecule has 0 bridgehead atoms. The van der Waals surface area contributed by atoms with Gasteiger partial charge < -0.3 is 9.22 Å². The predicted molar refractivity (Wildman–Crippen MR) is 127 cm³/mol. The SMILES string of the molecule is CCCCCCCC[N+](C)(C)CCOC(=O)Nc1ccc(C(=O)c2ccccc2)cc1. The van der Waals surface area contributed by atoms with Crippen molar-refractivity contribution in [1.29, 1.82) is 0 Å². The fraction of sp³-hybridized carbons (Fsp3) is 0.462. The molecule has 2 aromatic carbocycles. The molecule has 0 spiro atoms. The van der Waals surface area contributed by atoms with Crippen molar-refractivity contribution >= 4 is 17.6 Å². The lowest BCUT2D eigenvalue weighted by Gasteiger charge is -2.29. The Bertz CT molecular complexity index is 801. The lowest BCUT2D eigenvalue weighted by Crippen LogP contribution is -2.43. The molecule has 1 N–H and O–H groups in total. The first-order valence-electron chi connectivity index (χ1n) is 11.4. The van der Waals surface area contributed by atoms with Crippen LogP contribution in [-0.2, 0) is 4.74 Å². The molecule has 2 aromatic rings. The largest absolute Gasteiger partial charge is 0.443 e. The van der Waals surface area contributed by atoms with Crippen molar-refractivity contribution in [3.05, 3.63) is 65.7 Å². The quantitative estimate of drug-likeness (QED) is 0.247. The molecule has 0 saturated heterocycles. The van der Waals surface area contributed by atoms with Gasteiger partial charge in [0, 0.05) is 16.8 Å². The second kappa shape index (κ2) is 12.9. The number of amides is 1. The van der Waals surface area contributed by atoms with Crippen LogP contribution in [0.2, 0.25) is 0 Å². The number of carbonyl (C=O) groups is 2. The molecule has 31 heavy (non-hydrogen) atoms. The van der Waals surface area contributed by atoms with E-state index in [1.165, 1.54) is 38.5 Å². The van der Waals surface area contributed by atoms with Crippen molar-refractivity contribution in [1.82, 2.24) is 0 Å². The van der Waals surface area contributed by atoms with Gasteiger partial charge in [0.25, 0.3) is 0 Å². The van der Waals surface area contributed by atoms with Crippen molar-refractivity contribution in [3.8, 4) is 0 Å². The number of hydrogen-bond acceptors (Lipinski definition) is 3. The molecular formula is C26H37N2O3+. The molecule has 5 nitrogen and oxygen atoms in total. The lowest BCUT2D eigenvalue weighted by molar-refractivity contribution is -0.890. The lowest BCUT2D eigenvalue weighted by atomic mass is 10.0. The minimum Gasteiger partial charge on any atom is -0.443 e. The zero-order valence-electron chi connectivity index (χ0n) is 19.2. The van der Waals surface area contributed by atoms with Crippen molar-refractivity contribution in [2.75, 3.05) is 39.1 Å². The predicted octanol–water partition coefficient (Wildman–Crippen LogP) is 5.90. The average molecular weight is 426 g/mol. The molecule has 2 rings (SSSR count). The van der Waals surface area contributed by atoms with Crippen LogP contribution in [0, 0.1) is 0 Å². The van der Waals surface area contributed by atoms with Crippen LogP contribution in [-0.4, -0.2) is 50.2 Å². The molecule has 0 saturated carbocycles. The second-order valence-corrected chi connectivity index (χ2v) is 8.68. The maximum absolute atomic E-state index is 12.4. The number of unbranched alkanes of at least 4 members (excludes halogenated alkanes) is 5. The maximum Gasteiger partial charge on any atom is 0.411 e. The molecule has 0 fully saturated rings. The molecule has 0 heterocycles. The van der Waals surface area contributed by atoms with Crippen LogP contribution in [0.4, 0.5) is 10.5 Å². The number of quaternary nitrogens is 1. The summed E-state index contributed by atoms with van der Waals surface area (Å²) in [5.74, 6) is -0.0416. The third-order valence-corrected chi connectivity index (χ3v) is 5.48. The highest BCUT2D eigenvalue weighted by Crippen LogP contribution is 2.14. The maximum atomic E-state index is 12.4. The van der Waals surface area contributed by atoms with E-state index in [-0.39, 0.29) is 5.78 Å². The highest BCUT2D eigenvalue weighted by atomic mass is 16.5. The number of rotatable bonds is 13. The molecule has 0 aliphatic heterocycles. The van der Waals surface area contributed by atoms with Gasteiger partial charge >= 0.3 is 6.09 Å². The van der Waals surface area contributed by atoms with Crippen LogP contribution >= 0.6 is 0 Å². The summed E-state index contributed by atoms with van der Waals surface area (Å²) in [6.45, 7) is 4.48. The first-order valence-corrected chi connectivity index (χ1v) is 11.4. The average Bonchev–Trinajstić information content (AvgIpc) is 2.76. The smallest absolute Gasteiger partial charge is 0.411 e. The molecular weight excluding hydrogens is 388 g/mol. The summed E-state index contributed by atoms with van der Waals surface area (Å²) < 4.78 is 6.20. The van der Waals surface area contributed by atoms with Gasteiger partial charge in [-0.05, 0) is 37.1 Å². The van der Waals surface area contributed by atoms with E-state index in [0.29, 0.717) is 23.4 Å². The van der Waals surface area contributed by atoms with Gasteiger partial charge in [-0.25, -0.2) is 4.79 Å². The van der Waals surface area contributed by atoms with E-state index in [2.05, 4.69) is 26.3 Å². The van der Waals surface area contributed by atoms with Crippen molar-refractivity contribution in [2.24, 2.45) is 0 Å². The molecule has 0 radical (unpaired) electrons. The van der Waals surface area contributed by atoms with Gasteiger partial charge in [0.15, 0.2) is 5.78 Å². The van der Waals surface area contributed by atoms with Gasteiger partial charge in [0.1, 0.15) is 13.2 Å². The summed E-state index contributed by atoms with van der Waals surface area (Å²) >= 11 is 0. The topological polar surface area (TPSA) is 55.4 Å². The van der Waals surface area contributed by atoms with Gasteiger partial charge in [0.2, 0.25) is 0 Å². The summed E-state index contributed by atoms with van der Waals surface area (Å²) in [4.78, 5) is 24.5. The van der Waals surface area contributed by atoms with E-state index in [4.69, 9.17) is 4.74 Å². The molecule has 1 amide bonds. The number of ketones is 1. The van der Waals surface area contributed by atoms with Crippen molar-refractivity contribution in [2.45, 2.75) is 45.4 Å². The Morgan fingerprint density at radius 3 is 2.10 bits per heavy atom. The summed E-state index contributed by atoms with van der Waals surface area (Å²) in [7, 11) is 4.35. The Balaban J connectivity index is 1.69. The third kappa shape index (κ3) is 9.35. The van der Waals surface area contributed by atoms with Crippen LogP contribution in [0.25, 0.3) is 0 Å². The van der Waals surface area contributed by atoms with Crippen LogP contribution in [0.5, 0.6) is 0 Å². The number of nitrogens with zero attached hydrogens (tertiary/aromatic N) is 1. The molecule has 0 unspecified atom stereocenters. The standard InChI is InChI=1S/C26H36N2O3/c1-4-5-6-7-8-12-19-28(2,3)20-21-31-26(30)27-24-17-15-23(16-18-24)25(29)22-13-10-9-11-14-22/h9-11,13-18H,4-8,12,19-21H2,1-3H3/p+1. The number of benzene rings is 2. The highest BCUT2D eigenvalue weighted by Gasteiger charge is 2.16. The summed E-state index contributed by atoms with van der Waals surface area (Å²) in [5.41, 5.74) is 1.83. The van der Waals surface area contributed by atoms with Crippen molar-refractivity contribution < 1.29 is 18.8 Å². The fourth-order valence-electron chi connectivity index (χ4n) is 3.43. The Morgan fingerprint density at radius 1 is 0.806 bits per heavy atom. The van der Waals surface area contributed by atoms with Gasteiger partial charge in [-0.2, -0.15) is 0 Å². The number of ether oxygens (including phenoxy) is 1. The first-order chi connectivity index (χ1) is 14.9. The first kappa shape index (κ1) is 24.6. The second-order valence-electron chi connectivity index (χ2n) is 8.68. The van der Waals surface area contributed by atoms with E-state index >= 15 is 0 Å². The van der Waals surface area contributed by atoms with Crippen LogP contribution in [0.15, 0.2) is 54.6 Å². The number of carbonyl (C=O) groups excluding carboxylic acids is 2. The van der Waals surface area contributed by atoms with E-state index in [0.717, 1.165) is 17.6 Å². The Kier molecular flexibility index (Phi) is 10.2. The minimum atomic E-state index is -0.471. The summed E-state index contributed by atoms with van der Waals surface area (Å²) in [5, 5.41) is 2.73. The normalized spacial score (nSPS) is 11.2. The molecule has 0 aliphatic carbocycles. The van der Waals surface area contributed by atoms with Gasteiger partial charge in [0.05, 0.1) is 20.6 Å². The number of hydrogen-bond donors (Lipinski definition) is 1. The zero-order chi connectivity index (χ0) is 22.5. The highest BCUT2D eigenvalue weighted by molar-refractivity contribution is 6.09. The van der Waals surface area contributed by atoms with Crippen LogP contribution < -0.4 is 5.32 Å². The number of anilines is 1. The molecule has 0 aromatic heterocycles. The monoisotopic (exact) mass is 425 g/mol. The number of nitrogens with one attached hydrogen (secondary N) is 1. The van der Waals surface area contributed by atoms with Gasteiger partial charge in [-0.3, -0.25) is 10.1 Å². The minimum absolute atomic E-state index is 0.0416. The molecule has 0 atom stereocenters. The van der Waals surface area contributed by atoms with Crippen LogP contribution in [0.3, 0.4) is 0 Å². The Hall–Kier alpha value is -2.66. The van der Waals surface area contributed by atoms with Gasteiger partial charge in [-0.1, -0.05) is 62.9 Å². The summed E-state index contributed by atoms with van der Waals surface area (Å²) in [6.07, 6.45) is 7.24. The van der Waals surface area contributed by atoms with Crippen molar-refractivity contribution in [3.63, 3.8) is 0 Å².